The molecule has 0 radical (unpaired) electrons. The van der Waals surface area contributed by atoms with E-state index >= 15 is 0 Å². The van der Waals surface area contributed by atoms with Crippen LogP contribution < -0.4 is 30.2 Å². The molecule has 0 heterocycles. The molecular formula is C60H64Br6ClF2N3O9. The summed E-state index contributed by atoms with van der Waals surface area (Å²) in [6, 6.07) is 26.9. The van der Waals surface area contributed by atoms with Gasteiger partial charge in [0.25, 0.3) is 0 Å². The van der Waals surface area contributed by atoms with Crippen LogP contribution in [0.4, 0.5) is 25.8 Å². The number of aryl methyl sites for hydroxylation is 4. The average Bonchev–Trinajstić information content (AvgIpc) is 4.26. The zero-order valence-corrected chi connectivity index (χ0v) is 55.5. The smallest absolute Gasteiger partial charge is 0.303 e. The molecule has 7 rings (SSSR count). The SMILES string of the molecule is CCC(C)Nc1cc(C)cc(COc2c(Br)cc(CCC(=O)O)cc2Br)c1F.CCC(C)Nc1cc(Cl)cc(COc2c(Br)cc(CCC(=O)O)cc2Br)c1F.O=C(O)CCc1cc(Br)c(OCc2cccc(NC3CC3)c2)c(Br)c1. The monoisotopic (exact) mass is 1520 g/mol. The van der Waals surface area contributed by atoms with Gasteiger partial charge in [-0.3, -0.25) is 14.4 Å². The lowest BCUT2D eigenvalue weighted by atomic mass is 10.1. The molecule has 0 aromatic heterocycles. The number of anilines is 3. The molecule has 1 aliphatic carbocycles. The topological polar surface area (TPSA) is 176 Å². The number of hydrogen-bond donors (Lipinski definition) is 6. The van der Waals surface area contributed by atoms with E-state index in [1.807, 2.05) is 71.0 Å². The molecule has 0 spiro atoms. The standard InChI is InChI=1S/C21H24Br2FNO3.C20H21Br2ClFNO3.C19H19Br2NO3/c1-4-13(3)25-18-8-12(2)7-15(20(18)24)11-28-21-16(22)9-14(10-17(21)23)5-6-19(26)27;1-3-11(2)25-17-9-14(23)8-13(19(17)24)10-28-20-15(21)6-12(7-16(20)22)4-5-18(26)27;20-16-9-12(4-7-18(23)24)10-17(21)19(16)25-11-13-2-1-3-15(8-13)22-14-5-6-14/h7-10,13,25H,4-6,11H2,1-3H3,(H,26,27);6-9,11,25H,3-5,10H2,1-2H3,(H,26,27);1-3,8-10,14,22H,4-7,11H2,(H,23,24). The van der Waals surface area contributed by atoms with Gasteiger partial charge in [0, 0.05) is 59.2 Å². The van der Waals surface area contributed by atoms with Crippen LogP contribution in [0.3, 0.4) is 0 Å². The molecule has 2 atom stereocenters. The first-order valence-electron chi connectivity index (χ1n) is 26.1. The van der Waals surface area contributed by atoms with Crippen molar-refractivity contribution in [1.82, 2.24) is 0 Å². The molecule has 6 aromatic carbocycles. The van der Waals surface area contributed by atoms with Gasteiger partial charge in [-0.25, -0.2) is 8.78 Å². The Bertz CT molecular complexity index is 2940. The Morgan fingerprint density at radius 3 is 1.33 bits per heavy atom. The highest BCUT2D eigenvalue weighted by Crippen LogP contribution is 2.39. The molecule has 1 aliphatic rings. The Kier molecular flexibility index (Phi) is 27.6. The zero-order valence-electron chi connectivity index (χ0n) is 45.2. The van der Waals surface area contributed by atoms with E-state index in [0.717, 1.165) is 61.0 Å². The first-order valence-corrected chi connectivity index (χ1v) is 31.2. The van der Waals surface area contributed by atoms with E-state index in [9.17, 15) is 23.2 Å². The molecule has 436 valence electrons. The predicted octanol–water partition coefficient (Wildman–Crippen LogP) is 18.7. The van der Waals surface area contributed by atoms with Crippen LogP contribution >= 0.6 is 107 Å². The van der Waals surface area contributed by atoms with Crippen molar-refractivity contribution in [2.45, 2.75) is 137 Å². The summed E-state index contributed by atoms with van der Waals surface area (Å²) in [4.78, 5) is 32.2. The average molecular weight is 1520 g/mol. The van der Waals surface area contributed by atoms with Crippen LogP contribution in [0, 0.1) is 18.6 Å². The van der Waals surface area contributed by atoms with Gasteiger partial charge in [-0.15, -0.1) is 0 Å². The van der Waals surface area contributed by atoms with Gasteiger partial charge in [0.05, 0.1) is 38.2 Å². The number of carbonyl (C=O) groups is 3. The maximum atomic E-state index is 14.9. The number of benzene rings is 6. The Hall–Kier alpha value is -4.44. The molecule has 6 N–H and O–H groups in total. The third-order valence-electron chi connectivity index (χ3n) is 12.5. The van der Waals surface area contributed by atoms with Gasteiger partial charge in [-0.05, 0) is 262 Å². The first-order chi connectivity index (χ1) is 38.4. The predicted molar refractivity (Wildman–Crippen MR) is 339 cm³/mol. The molecule has 12 nitrogen and oxygen atoms in total. The van der Waals surface area contributed by atoms with Crippen LogP contribution in [0.5, 0.6) is 17.2 Å². The molecular weight excluding hydrogens is 1460 g/mol. The second-order valence-corrected chi connectivity index (χ2v) is 25.0. The fourth-order valence-electron chi connectivity index (χ4n) is 7.75. The van der Waals surface area contributed by atoms with Gasteiger partial charge < -0.3 is 45.5 Å². The quantitative estimate of drug-likeness (QED) is 0.0304. The Labute approximate surface area is 527 Å². The van der Waals surface area contributed by atoms with Crippen LogP contribution in [-0.4, -0.2) is 51.4 Å². The summed E-state index contributed by atoms with van der Waals surface area (Å²) < 4.78 is 51.7. The molecule has 0 amide bonds. The van der Waals surface area contributed by atoms with Crippen molar-refractivity contribution in [3.05, 3.63) is 167 Å². The van der Waals surface area contributed by atoms with Crippen molar-refractivity contribution in [3.8, 4) is 17.2 Å². The minimum atomic E-state index is -0.856. The van der Waals surface area contributed by atoms with E-state index < -0.39 is 23.7 Å². The van der Waals surface area contributed by atoms with Crippen molar-refractivity contribution >= 4 is 142 Å². The molecule has 81 heavy (non-hydrogen) atoms. The number of carboxylic acids is 3. The van der Waals surface area contributed by atoms with Crippen molar-refractivity contribution in [2.24, 2.45) is 0 Å². The van der Waals surface area contributed by atoms with E-state index in [-0.39, 0.29) is 50.4 Å². The van der Waals surface area contributed by atoms with Gasteiger partial charge >= 0.3 is 17.9 Å². The number of nitrogens with one attached hydrogen (secondary N) is 3. The third kappa shape index (κ3) is 22.6. The van der Waals surface area contributed by atoms with Crippen molar-refractivity contribution in [1.29, 1.82) is 0 Å². The fourth-order valence-corrected chi connectivity index (χ4v) is 12.5. The minimum absolute atomic E-state index is 0.00669. The lowest BCUT2D eigenvalue weighted by Crippen LogP contribution is -2.15. The molecule has 21 heteroatoms. The van der Waals surface area contributed by atoms with Gasteiger partial charge in [0.15, 0.2) is 11.6 Å². The number of rotatable bonds is 26. The van der Waals surface area contributed by atoms with E-state index in [2.05, 4.69) is 124 Å². The van der Waals surface area contributed by atoms with Crippen LogP contribution in [-0.2, 0) is 53.5 Å². The summed E-state index contributed by atoms with van der Waals surface area (Å²) in [5.41, 5.74) is 7.49. The molecule has 2 unspecified atom stereocenters. The van der Waals surface area contributed by atoms with Crippen LogP contribution in [0.1, 0.15) is 112 Å². The Balaban J connectivity index is 0.000000223. The second-order valence-electron chi connectivity index (χ2n) is 19.5. The molecule has 1 saturated carbocycles. The molecule has 0 saturated heterocycles. The van der Waals surface area contributed by atoms with E-state index in [4.69, 9.17) is 41.1 Å². The highest BCUT2D eigenvalue weighted by atomic mass is 79.9. The number of aliphatic carboxylic acids is 3. The summed E-state index contributed by atoms with van der Waals surface area (Å²) >= 11 is 27.0. The highest BCUT2D eigenvalue weighted by molar-refractivity contribution is 9.12. The lowest BCUT2D eigenvalue weighted by molar-refractivity contribution is -0.138. The number of ether oxygens (including phenoxy) is 3. The number of halogens is 9. The van der Waals surface area contributed by atoms with Gasteiger partial charge in [-0.2, -0.15) is 0 Å². The first kappa shape index (κ1) is 67.4. The number of carboxylic acid groups (broad SMARTS) is 3. The summed E-state index contributed by atoms with van der Waals surface area (Å²) in [6.07, 6.45) is 5.76. The molecule has 0 aliphatic heterocycles. The molecule has 1 fully saturated rings. The fraction of sp³-hybridized carbons (Fsp3) is 0.350. The summed E-state index contributed by atoms with van der Waals surface area (Å²) in [7, 11) is 0. The summed E-state index contributed by atoms with van der Waals surface area (Å²) in [5.74, 6) is -1.42. The Morgan fingerprint density at radius 1 is 0.568 bits per heavy atom. The van der Waals surface area contributed by atoms with Crippen LogP contribution in [0.25, 0.3) is 0 Å². The van der Waals surface area contributed by atoms with Crippen LogP contribution in [0.15, 0.2) is 112 Å². The van der Waals surface area contributed by atoms with E-state index in [1.54, 1.807) is 36.4 Å². The summed E-state index contributed by atoms with van der Waals surface area (Å²) in [6.45, 7) is 10.5. The lowest BCUT2D eigenvalue weighted by Gasteiger charge is -2.17. The maximum absolute atomic E-state index is 14.9. The normalized spacial score (nSPS) is 12.4. The van der Waals surface area contributed by atoms with E-state index in [1.165, 1.54) is 12.8 Å². The Morgan fingerprint density at radius 2 is 0.951 bits per heavy atom. The van der Waals surface area contributed by atoms with Crippen molar-refractivity contribution in [3.63, 3.8) is 0 Å². The molecule has 0 bridgehead atoms. The zero-order chi connectivity index (χ0) is 59.5. The number of hydrogen-bond acceptors (Lipinski definition) is 9. The maximum Gasteiger partial charge on any atom is 0.303 e. The summed E-state index contributed by atoms with van der Waals surface area (Å²) in [5, 5.41) is 36.7. The minimum Gasteiger partial charge on any atom is -0.487 e. The van der Waals surface area contributed by atoms with Gasteiger partial charge in [0.2, 0.25) is 0 Å². The second kappa shape index (κ2) is 33.2. The van der Waals surface area contributed by atoms with Crippen molar-refractivity contribution < 1.29 is 52.7 Å². The van der Waals surface area contributed by atoms with E-state index in [0.29, 0.717) is 88.8 Å². The third-order valence-corrected chi connectivity index (χ3v) is 16.2. The van der Waals surface area contributed by atoms with Gasteiger partial charge in [0.1, 0.15) is 37.1 Å². The highest BCUT2D eigenvalue weighted by Gasteiger charge is 2.21. The molecule has 6 aromatic rings. The van der Waals surface area contributed by atoms with Crippen LogP contribution in [0.2, 0.25) is 5.02 Å². The van der Waals surface area contributed by atoms with Crippen molar-refractivity contribution in [2.75, 3.05) is 16.0 Å². The largest absolute Gasteiger partial charge is 0.487 e. The van der Waals surface area contributed by atoms with Gasteiger partial charge in [-0.1, -0.05) is 37.6 Å².